The van der Waals surface area contributed by atoms with Crippen molar-refractivity contribution in [2.45, 2.75) is 109 Å². The molecule has 0 bridgehead atoms. The van der Waals surface area contributed by atoms with Crippen LogP contribution in [0.2, 0.25) is 0 Å². The summed E-state index contributed by atoms with van der Waals surface area (Å²) in [5.74, 6) is -1.81. The van der Waals surface area contributed by atoms with Gasteiger partial charge < -0.3 is 47.7 Å². The standard InChI is InChI=1S/C40H62N8O6/c1-28(2)25-33(35(49)44-32(17-11-12-20-41)37(51)47-22-18-40(43,19-23-47)38(52)54-29(3)4)45-36(50)34(26-30-13-7-5-8-14-30)46-39(53)48(24-21-42)27-31-15-9-6-10-16-31/h5-10,13-16,28-29,32-34H,11-12,17-27,41-43H2,1-4H3,(H,44,49)(H,45,50)(H,46,53)/t32-,33-,34-/m1/s1. The van der Waals surface area contributed by atoms with Gasteiger partial charge in [-0.15, -0.1) is 0 Å². The molecule has 0 aromatic heterocycles. The molecular formula is C40H62N8O6. The number of rotatable bonds is 20. The van der Waals surface area contributed by atoms with Crippen molar-refractivity contribution in [3.8, 4) is 0 Å². The van der Waals surface area contributed by atoms with E-state index in [9.17, 15) is 24.0 Å². The van der Waals surface area contributed by atoms with Gasteiger partial charge in [0, 0.05) is 39.1 Å². The monoisotopic (exact) mass is 750 g/mol. The molecule has 298 valence electrons. The fourth-order valence-corrected chi connectivity index (χ4v) is 6.39. The number of unbranched alkanes of at least 4 members (excludes halogenated alkanes) is 1. The van der Waals surface area contributed by atoms with Crippen molar-refractivity contribution >= 4 is 29.7 Å². The van der Waals surface area contributed by atoms with Crippen LogP contribution >= 0.6 is 0 Å². The van der Waals surface area contributed by atoms with Crippen LogP contribution in [0.4, 0.5) is 4.79 Å². The number of piperidine rings is 1. The van der Waals surface area contributed by atoms with Gasteiger partial charge in [-0.1, -0.05) is 74.5 Å². The number of nitrogens with two attached hydrogens (primary N) is 3. The number of likely N-dealkylation sites (tertiary alicyclic amines) is 1. The van der Waals surface area contributed by atoms with Gasteiger partial charge in [-0.25, -0.2) is 4.79 Å². The largest absolute Gasteiger partial charge is 0.462 e. The molecule has 3 atom stereocenters. The van der Waals surface area contributed by atoms with Crippen LogP contribution in [0.3, 0.4) is 0 Å². The summed E-state index contributed by atoms with van der Waals surface area (Å²) in [5, 5.41) is 8.73. The topological polar surface area (TPSA) is 215 Å². The predicted molar refractivity (Wildman–Crippen MR) is 209 cm³/mol. The molecule has 5 amide bonds. The van der Waals surface area contributed by atoms with Crippen LogP contribution in [0.25, 0.3) is 0 Å². The zero-order valence-corrected chi connectivity index (χ0v) is 32.4. The van der Waals surface area contributed by atoms with E-state index < -0.39 is 47.5 Å². The van der Waals surface area contributed by atoms with Crippen LogP contribution in [0.5, 0.6) is 0 Å². The molecule has 9 N–H and O–H groups in total. The van der Waals surface area contributed by atoms with E-state index >= 15 is 0 Å². The molecule has 2 aromatic rings. The second-order valence-corrected chi connectivity index (χ2v) is 14.9. The van der Waals surface area contributed by atoms with Gasteiger partial charge in [0.2, 0.25) is 17.7 Å². The molecule has 0 aliphatic carbocycles. The minimum atomic E-state index is -1.19. The third kappa shape index (κ3) is 14.0. The van der Waals surface area contributed by atoms with Gasteiger partial charge in [0.1, 0.15) is 23.7 Å². The van der Waals surface area contributed by atoms with E-state index in [1.54, 1.807) is 23.6 Å². The van der Waals surface area contributed by atoms with Crippen LogP contribution in [0.15, 0.2) is 60.7 Å². The van der Waals surface area contributed by atoms with Crippen molar-refractivity contribution in [1.29, 1.82) is 0 Å². The molecule has 0 radical (unpaired) electrons. The molecule has 14 heteroatoms. The van der Waals surface area contributed by atoms with Crippen molar-refractivity contribution in [2.75, 3.05) is 32.7 Å². The quantitative estimate of drug-likeness (QED) is 0.0863. The summed E-state index contributed by atoms with van der Waals surface area (Å²) < 4.78 is 5.36. The zero-order valence-electron chi connectivity index (χ0n) is 32.4. The summed E-state index contributed by atoms with van der Waals surface area (Å²) in [6.07, 6.45) is 2.20. The Labute approximate surface area is 320 Å². The summed E-state index contributed by atoms with van der Waals surface area (Å²) in [6, 6.07) is 15.4. The van der Waals surface area contributed by atoms with Crippen molar-refractivity contribution in [3.05, 3.63) is 71.8 Å². The smallest absolute Gasteiger partial charge is 0.326 e. The third-order valence-corrected chi connectivity index (χ3v) is 9.42. The molecule has 0 spiro atoms. The average molecular weight is 751 g/mol. The second-order valence-electron chi connectivity index (χ2n) is 14.9. The zero-order chi connectivity index (χ0) is 39.7. The number of amides is 5. The lowest BCUT2D eigenvalue weighted by atomic mass is 9.88. The maximum Gasteiger partial charge on any atom is 0.326 e. The number of urea groups is 1. The van der Waals surface area contributed by atoms with Gasteiger partial charge in [-0.05, 0) is 76.0 Å². The molecule has 1 heterocycles. The number of esters is 1. The first-order valence-corrected chi connectivity index (χ1v) is 19.2. The van der Waals surface area contributed by atoms with Gasteiger partial charge >= 0.3 is 12.0 Å². The van der Waals surface area contributed by atoms with E-state index in [1.807, 2.05) is 74.5 Å². The molecule has 1 saturated heterocycles. The van der Waals surface area contributed by atoms with E-state index in [0.29, 0.717) is 32.4 Å². The Kier molecular flexibility index (Phi) is 17.9. The maximum atomic E-state index is 14.1. The predicted octanol–water partition coefficient (Wildman–Crippen LogP) is 2.18. The summed E-state index contributed by atoms with van der Waals surface area (Å²) >= 11 is 0. The minimum Gasteiger partial charge on any atom is -0.462 e. The lowest BCUT2D eigenvalue weighted by Gasteiger charge is -2.39. The van der Waals surface area contributed by atoms with Crippen molar-refractivity contribution in [2.24, 2.45) is 23.1 Å². The number of hydrogen-bond donors (Lipinski definition) is 6. The lowest BCUT2D eigenvalue weighted by Crippen LogP contribution is -2.61. The number of carbonyl (C=O) groups excluding carboxylic acids is 5. The SMILES string of the molecule is CC(C)C[C@@H](NC(=O)[C@@H](Cc1ccccc1)NC(=O)N(CCN)Cc1ccccc1)C(=O)N[C@H](CCCCN)C(=O)N1CCC(N)(C(=O)OC(C)C)CC1. The summed E-state index contributed by atoms with van der Waals surface area (Å²) in [4.78, 5) is 71.5. The van der Waals surface area contributed by atoms with Gasteiger partial charge in [0.05, 0.1) is 6.10 Å². The molecule has 1 fully saturated rings. The number of hydrogen-bond acceptors (Lipinski definition) is 9. The molecular weight excluding hydrogens is 688 g/mol. The highest BCUT2D eigenvalue weighted by atomic mass is 16.5. The number of benzene rings is 2. The van der Waals surface area contributed by atoms with Gasteiger partial charge in [-0.2, -0.15) is 0 Å². The summed E-state index contributed by atoms with van der Waals surface area (Å²) in [7, 11) is 0. The van der Waals surface area contributed by atoms with Crippen molar-refractivity contribution in [1.82, 2.24) is 25.8 Å². The number of carbonyl (C=O) groups is 5. The molecule has 1 aliphatic heterocycles. The average Bonchev–Trinajstić information content (AvgIpc) is 3.14. The molecule has 2 aromatic carbocycles. The molecule has 3 rings (SSSR count). The van der Waals surface area contributed by atoms with E-state index in [4.69, 9.17) is 21.9 Å². The lowest BCUT2D eigenvalue weighted by molar-refractivity contribution is -0.157. The molecule has 0 unspecified atom stereocenters. The number of ether oxygens (including phenoxy) is 1. The normalized spacial score (nSPS) is 15.5. The van der Waals surface area contributed by atoms with Crippen LogP contribution in [0.1, 0.15) is 77.3 Å². The Morgan fingerprint density at radius 1 is 0.778 bits per heavy atom. The van der Waals surface area contributed by atoms with Gasteiger partial charge in [-0.3, -0.25) is 19.2 Å². The Balaban J connectivity index is 1.79. The molecule has 1 aliphatic rings. The van der Waals surface area contributed by atoms with Crippen molar-refractivity contribution in [3.63, 3.8) is 0 Å². The van der Waals surface area contributed by atoms with Gasteiger partial charge in [0.15, 0.2) is 0 Å². The van der Waals surface area contributed by atoms with E-state index in [-0.39, 0.29) is 69.8 Å². The van der Waals surface area contributed by atoms with Crippen LogP contribution < -0.4 is 33.2 Å². The summed E-state index contributed by atoms with van der Waals surface area (Å²) in [6.45, 7) is 9.06. The Hall–Kier alpha value is -4.53. The molecule has 0 saturated carbocycles. The Morgan fingerprint density at radius 3 is 1.91 bits per heavy atom. The van der Waals surface area contributed by atoms with Crippen LogP contribution in [-0.2, 0) is 36.9 Å². The molecule has 14 nitrogen and oxygen atoms in total. The Morgan fingerprint density at radius 2 is 1.35 bits per heavy atom. The Bertz CT molecular complexity index is 1480. The summed E-state index contributed by atoms with van der Waals surface area (Å²) in [5.41, 5.74) is 18.6. The van der Waals surface area contributed by atoms with E-state index in [0.717, 1.165) is 11.1 Å². The first-order chi connectivity index (χ1) is 25.8. The number of nitrogens with one attached hydrogen (secondary N) is 3. The van der Waals surface area contributed by atoms with E-state index in [1.165, 1.54) is 0 Å². The number of nitrogens with zero attached hydrogens (tertiary/aromatic N) is 2. The van der Waals surface area contributed by atoms with Crippen molar-refractivity contribution < 1.29 is 28.7 Å². The van der Waals surface area contributed by atoms with Crippen LogP contribution in [-0.4, -0.2) is 102 Å². The van der Waals surface area contributed by atoms with E-state index in [2.05, 4.69) is 16.0 Å². The minimum absolute atomic E-state index is 0.00545. The fourth-order valence-electron chi connectivity index (χ4n) is 6.39. The van der Waals surface area contributed by atoms with Gasteiger partial charge in [0.25, 0.3) is 0 Å². The third-order valence-electron chi connectivity index (χ3n) is 9.42. The maximum absolute atomic E-state index is 14.1. The first kappa shape index (κ1) is 43.9. The fraction of sp³-hybridized carbons (Fsp3) is 0.575. The highest BCUT2D eigenvalue weighted by Crippen LogP contribution is 2.23. The second kappa shape index (κ2) is 22.0. The van der Waals surface area contributed by atoms with Crippen LogP contribution in [0, 0.1) is 5.92 Å². The highest BCUT2D eigenvalue weighted by Gasteiger charge is 2.42. The first-order valence-electron chi connectivity index (χ1n) is 19.2. The molecule has 54 heavy (non-hydrogen) atoms. The highest BCUT2D eigenvalue weighted by molar-refractivity contribution is 5.94.